The Morgan fingerprint density at radius 3 is 2.74 bits per heavy atom. The van der Waals surface area contributed by atoms with Crippen LogP contribution in [0.3, 0.4) is 0 Å². The number of nitrogens with two attached hydrogens (primary N) is 1. The fraction of sp³-hybridized carbons (Fsp3) is 0.538. The predicted octanol–water partition coefficient (Wildman–Crippen LogP) is 0.582. The number of amides is 4. The first-order valence-electron chi connectivity index (χ1n) is 13.0. The maximum atomic E-state index is 13.9. The second-order valence-corrected chi connectivity index (χ2v) is 10.0. The highest BCUT2D eigenvalue weighted by molar-refractivity contribution is 6.12. The molecular formula is C26H34N6O6. The number of imidazole rings is 1. The Morgan fingerprint density at radius 2 is 2.03 bits per heavy atom. The molecule has 12 heteroatoms. The minimum Gasteiger partial charge on any atom is -0.367 e. The summed E-state index contributed by atoms with van der Waals surface area (Å²) in [4.78, 5) is 72.5. The van der Waals surface area contributed by atoms with Gasteiger partial charge in [-0.25, -0.2) is 4.98 Å². The van der Waals surface area contributed by atoms with E-state index in [2.05, 4.69) is 10.3 Å². The van der Waals surface area contributed by atoms with Crippen molar-refractivity contribution >= 4 is 36.3 Å². The second-order valence-electron chi connectivity index (χ2n) is 10.0. The number of hydrogen-bond donors (Lipinski definition) is 2. The molecule has 1 aliphatic heterocycles. The normalized spacial score (nSPS) is 20.3. The van der Waals surface area contributed by atoms with E-state index < -0.39 is 29.2 Å². The molecule has 3 heterocycles. The molecule has 204 valence electrons. The third-order valence-corrected chi connectivity index (χ3v) is 7.72. The van der Waals surface area contributed by atoms with Crippen LogP contribution in [0.15, 0.2) is 30.7 Å². The van der Waals surface area contributed by atoms with Gasteiger partial charge in [0.25, 0.3) is 11.8 Å². The Morgan fingerprint density at radius 1 is 1.24 bits per heavy atom. The quantitative estimate of drug-likeness (QED) is 0.220. The Hall–Kier alpha value is -3.96. The van der Waals surface area contributed by atoms with Crippen molar-refractivity contribution in [1.82, 2.24) is 24.7 Å². The highest BCUT2D eigenvalue weighted by Crippen LogP contribution is 2.35. The predicted molar refractivity (Wildman–Crippen MR) is 135 cm³/mol. The highest BCUT2D eigenvalue weighted by atomic mass is 16.7. The third-order valence-electron chi connectivity index (χ3n) is 7.72. The summed E-state index contributed by atoms with van der Waals surface area (Å²) in [6, 6.07) is 3.79. The zero-order valence-corrected chi connectivity index (χ0v) is 21.3. The van der Waals surface area contributed by atoms with Crippen LogP contribution in [0.2, 0.25) is 0 Å². The first kappa shape index (κ1) is 27.1. The Kier molecular flexibility index (Phi) is 8.59. The summed E-state index contributed by atoms with van der Waals surface area (Å²) in [5.41, 5.74) is 5.74. The number of primary amides is 1. The van der Waals surface area contributed by atoms with Gasteiger partial charge in [0, 0.05) is 31.7 Å². The maximum Gasteiger partial charge on any atom is 0.320 e. The van der Waals surface area contributed by atoms with E-state index in [1.807, 2.05) is 28.9 Å². The van der Waals surface area contributed by atoms with Gasteiger partial charge in [-0.2, -0.15) is 5.06 Å². The summed E-state index contributed by atoms with van der Waals surface area (Å²) in [5.74, 6) is -2.45. The molecule has 0 unspecified atom stereocenters. The molecule has 4 rings (SSSR count). The van der Waals surface area contributed by atoms with Gasteiger partial charge in [0.05, 0.1) is 12.5 Å². The van der Waals surface area contributed by atoms with Crippen molar-refractivity contribution in [1.29, 1.82) is 0 Å². The minimum atomic E-state index is -1.82. The van der Waals surface area contributed by atoms with Crippen LogP contribution in [0.1, 0.15) is 50.5 Å². The molecule has 1 aliphatic carbocycles. The molecule has 0 spiro atoms. The van der Waals surface area contributed by atoms with Gasteiger partial charge in [-0.1, -0.05) is 31.7 Å². The SMILES string of the molecule is NC(=O)[C@]1(C(=O)NCCc2ccc3nccn3c2)CCCN1C(=O)[C@H](CC1CCCC1)CN(C=O)OC=O. The molecule has 0 radical (unpaired) electrons. The van der Waals surface area contributed by atoms with Gasteiger partial charge < -0.3 is 25.2 Å². The smallest absolute Gasteiger partial charge is 0.320 e. The molecule has 1 saturated heterocycles. The van der Waals surface area contributed by atoms with Crippen LogP contribution in [0.5, 0.6) is 0 Å². The summed E-state index contributed by atoms with van der Waals surface area (Å²) in [6.45, 7) is 0.380. The standard InChI is InChI=1S/C26H34N6O6/c27-24(36)26(25(37)29-10-8-20-6-7-22-28-11-13-30(22)15-20)9-3-12-32(26)23(35)21(14-19-4-1-2-5-19)16-31(17-33)38-18-34/h6-7,11,13,15,17-19,21H,1-5,8-10,12,14,16H2,(H2,27,36)(H,29,37)/t21-,26+/m1/s1. The van der Waals surface area contributed by atoms with E-state index in [4.69, 9.17) is 10.6 Å². The van der Waals surface area contributed by atoms with E-state index in [1.54, 1.807) is 6.20 Å². The largest absolute Gasteiger partial charge is 0.367 e. The first-order chi connectivity index (χ1) is 18.4. The van der Waals surface area contributed by atoms with Crippen LogP contribution in [0.4, 0.5) is 0 Å². The molecule has 2 aliphatic rings. The monoisotopic (exact) mass is 526 g/mol. The molecule has 1 saturated carbocycles. The second kappa shape index (κ2) is 12.1. The van der Waals surface area contributed by atoms with Gasteiger partial charge >= 0.3 is 6.47 Å². The van der Waals surface area contributed by atoms with Gasteiger partial charge in [-0.3, -0.25) is 24.0 Å². The van der Waals surface area contributed by atoms with E-state index >= 15 is 0 Å². The van der Waals surface area contributed by atoms with Gasteiger partial charge in [0.15, 0.2) is 0 Å². The zero-order valence-electron chi connectivity index (χ0n) is 21.3. The van der Waals surface area contributed by atoms with Crippen molar-refractivity contribution in [2.75, 3.05) is 19.6 Å². The van der Waals surface area contributed by atoms with Crippen LogP contribution in [-0.4, -0.2) is 75.1 Å². The summed E-state index contributed by atoms with van der Waals surface area (Å²) in [7, 11) is 0. The minimum absolute atomic E-state index is 0.110. The lowest BCUT2D eigenvalue weighted by molar-refractivity contribution is -0.182. The maximum absolute atomic E-state index is 13.9. The van der Waals surface area contributed by atoms with Crippen LogP contribution in [-0.2, 0) is 35.2 Å². The fourth-order valence-corrected chi connectivity index (χ4v) is 5.81. The number of rotatable bonds is 13. The fourth-order valence-electron chi connectivity index (χ4n) is 5.81. The Balaban J connectivity index is 1.49. The van der Waals surface area contributed by atoms with Crippen LogP contribution in [0, 0.1) is 11.8 Å². The lowest BCUT2D eigenvalue weighted by Gasteiger charge is -2.37. The molecule has 3 N–H and O–H groups in total. The molecule has 2 fully saturated rings. The number of hydrogen-bond acceptors (Lipinski definition) is 7. The molecule has 2 aromatic rings. The molecule has 0 bridgehead atoms. The average Bonchev–Trinajstić information content (AvgIpc) is 3.68. The van der Waals surface area contributed by atoms with Gasteiger partial charge in [0.2, 0.25) is 17.9 Å². The molecule has 12 nitrogen and oxygen atoms in total. The van der Waals surface area contributed by atoms with Crippen LogP contribution in [0.25, 0.3) is 5.65 Å². The summed E-state index contributed by atoms with van der Waals surface area (Å²) >= 11 is 0. The summed E-state index contributed by atoms with van der Waals surface area (Å²) < 4.78 is 1.88. The number of nitrogens with one attached hydrogen (secondary N) is 1. The van der Waals surface area contributed by atoms with Crippen molar-refractivity contribution in [3.8, 4) is 0 Å². The topological polar surface area (TPSA) is 156 Å². The van der Waals surface area contributed by atoms with Crippen molar-refractivity contribution < 1.29 is 28.8 Å². The molecule has 0 aromatic carbocycles. The summed E-state index contributed by atoms with van der Waals surface area (Å²) in [5, 5.41) is 3.58. The zero-order chi connectivity index (χ0) is 27.1. The molecule has 38 heavy (non-hydrogen) atoms. The Bertz CT molecular complexity index is 1180. The lowest BCUT2D eigenvalue weighted by Crippen LogP contribution is -2.65. The number of carbonyl (C=O) groups is 5. The van der Waals surface area contributed by atoms with Gasteiger partial charge in [-0.05, 0) is 43.2 Å². The highest BCUT2D eigenvalue weighted by Gasteiger charge is 2.55. The van der Waals surface area contributed by atoms with E-state index in [-0.39, 0.29) is 38.4 Å². The van der Waals surface area contributed by atoms with E-state index in [1.165, 1.54) is 4.90 Å². The number of carbonyl (C=O) groups excluding carboxylic acids is 5. The number of fused-ring (bicyclic) bond motifs is 1. The average molecular weight is 527 g/mol. The third kappa shape index (κ3) is 5.63. The van der Waals surface area contributed by atoms with Crippen LogP contribution >= 0.6 is 0 Å². The van der Waals surface area contributed by atoms with Crippen molar-refractivity contribution in [2.45, 2.75) is 56.9 Å². The Labute approximate surface area is 220 Å². The number of nitrogens with zero attached hydrogens (tertiary/aromatic N) is 4. The van der Waals surface area contributed by atoms with Crippen LogP contribution < -0.4 is 11.1 Å². The van der Waals surface area contributed by atoms with Crippen molar-refractivity contribution in [2.24, 2.45) is 17.6 Å². The molecule has 2 atom stereocenters. The number of hydroxylamine groups is 2. The van der Waals surface area contributed by atoms with Gasteiger partial charge in [0.1, 0.15) is 5.65 Å². The molecule has 4 amide bonds. The van der Waals surface area contributed by atoms with Crippen molar-refractivity contribution in [3.63, 3.8) is 0 Å². The lowest BCUT2D eigenvalue weighted by atomic mass is 9.88. The number of likely N-dealkylation sites (tertiary alicyclic amines) is 1. The number of pyridine rings is 1. The molecule has 2 aromatic heterocycles. The number of aromatic nitrogens is 2. The van der Waals surface area contributed by atoms with Gasteiger partial charge in [-0.15, -0.1) is 0 Å². The van der Waals surface area contributed by atoms with E-state index in [0.29, 0.717) is 25.7 Å². The molecular weight excluding hydrogens is 492 g/mol. The van der Waals surface area contributed by atoms with E-state index in [0.717, 1.165) is 42.0 Å². The van der Waals surface area contributed by atoms with Crippen molar-refractivity contribution in [3.05, 3.63) is 36.3 Å². The first-order valence-corrected chi connectivity index (χ1v) is 13.0. The summed E-state index contributed by atoms with van der Waals surface area (Å²) in [6.07, 6.45) is 11.3. The van der Waals surface area contributed by atoms with E-state index in [9.17, 15) is 24.0 Å².